The first-order valence-electron chi connectivity index (χ1n) is 11.1. The first kappa shape index (κ1) is 23.3. The van der Waals surface area contributed by atoms with E-state index in [-0.39, 0.29) is 17.0 Å². The number of aliphatic hydroxyl groups is 1. The van der Waals surface area contributed by atoms with Gasteiger partial charge in [0, 0.05) is 48.8 Å². The Labute approximate surface area is 201 Å². The van der Waals surface area contributed by atoms with Crippen molar-refractivity contribution in [3.05, 3.63) is 76.7 Å². The lowest BCUT2D eigenvalue weighted by atomic mass is 9.87. The van der Waals surface area contributed by atoms with Crippen LogP contribution in [0.1, 0.15) is 17.3 Å². The van der Waals surface area contributed by atoms with Crippen LogP contribution in [0.25, 0.3) is 11.1 Å². The van der Waals surface area contributed by atoms with Crippen molar-refractivity contribution in [2.24, 2.45) is 11.8 Å². The predicted octanol–water partition coefficient (Wildman–Crippen LogP) is 1.14. The third-order valence-electron chi connectivity index (χ3n) is 6.98. The van der Waals surface area contributed by atoms with Crippen molar-refractivity contribution in [3.63, 3.8) is 0 Å². The highest BCUT2D eigenvalue weighted by Gasteiger charge is 2.60. The van der Waals surface area contributed by atoms with E-state index in [2.05, 4.69) is 9.97 Å². The Bertz CT molecular complexity index is 1460. The third-order valence-corrected chi connectivity index (χ3v) is 9.05. The summed E-state index contributed by atoms with van der Waals surface area (Å²) in [4.78, 5) is 34.5. The number of hydrogen-bond acceptors (Lipinski definition) is 8. The zero-order valence-electron chi connectivity index (χ0n) is 19.1. The van der Waals surface area contributed by atoms with E-state index in [9.17, 15) is 23.1 Å². The minimum Gasteiger partial charge on any atom is -0.469 e. The van der Waals surface area contributed by atoms with E-state index in [0.29, 0.717) is 22.4 Å². The first-order chi connectivity index (χ1) is 16.8. The molecular weight excluding hydrogens is 472 g/mol. The number of benzene rings is 1. The Kier molecular flexibility index (Phi) is 5.78. The van der Waals surface area contributed by atoms with Crippen molar-refractivity contribution in [1.29, 1.82) is 0 Å². The van der Waals surface area contributed by atoms with Crippen LogP contribution in [0.15, 0.2) is 64.8 Å². The average molecular weight is 497 g/mol. The van der Waals surface area contributed by atoms with Gasteiger partial charge in [0.25, 0.3) is 5.56 Å². The molecule has 182 valence electrons. The third kappa shape index (κ3) is 3.49. The number of pyridine rings is 1. The Morgan fingerprint density at radius 1 is 1.17 bits per heavy atom. The second kappa shape index (κ2) is 8.67. The van der Waals surface area contributed by atoms with Crippen molar-refractivity contribution < 1.29 is 23.1 Å². The molecule has 5 rings (SSSR count). The molecule has 4 atom stereocenters. The number of sulfonamides is 1. The molecule has 0 saturated carbocycles. The fraction of sp³-hybridized carbons (Fsp3) is 0.333. The normalized spacial score (nSPS) is 23.6. The van der Waals surface area contributed by atoms with Crippen LogP contribution in [0.4, 0.5) is 0 Å². The van der Waals surface area contributed by atoms with Crippen LogP contribution < -0.4 is 5.56 Å². The Morgan fingerprint density at radius 2 is 1.89 bits per heavy atom. The molecule has 4 heterocycles. The van der Waals surface area contributed by atoms with Crippen LogP contribution in [0.3, 0.4) is 0 Å². The Hall–Kier alpha value is -3.41. The van der Waals surface area contributed by atoms with Gasteiger partial charge in [0.2, 0.25) is 10.0 Å². The predicted molar refractivity (Wildman–Crippen MR) is 125 cm³/mol. The lowest BCUT2D eigenvalue weighted by molar-refractivity contribution is -0.148. The van der Waals surface area contributed by atoms with Crippen LogP contribution in [0.2, 0.25) is 0 Å². The fourth-order valence-electron chi connectivity index (χ4n) is 5.40. The molecule has 2 bridgehead atoms. The number of rotatable bonds is 5. The standard InChI is InChI=1S/C24H24N4O6S/c1-14-5-3-4-6-20(14)35(32,33)28-19-11-27-18(22(28)21(17(19)12-29)24(31)34-2)8-7-16(23(27)30)15-9-25-13-26-10-15/h3-10,13,17,19,21-22,29H,11-12H2,1-2H3/t17-,19-,21+,22+/m0/s1. The number of fused-ring (bicyclic) bond motifs is 4. The number of carbonyl (C=O) groups is 1. The van der Waals surface area contributed by atoms with Gasteiger partial charge in [-0.3, -0.25) is 9.59 Å². The maximum Gasteiger partial charge on any atom is 0.311 e. The smallest absolute Gasteiger partial charge is 0.311 e. The van der Waals surface area contributed by atoms with Crippen molar-refractivity contribution in [2.75, 3.05) is 13.7 Å². The lowest BCUT2D eigenvalue weighted by Crippen LogP contribution is -2.49. The molecule has 0 radical (unpaired) electrons. The van der Waals surface area contributed by atoms with Gasteiger partial charge in [0.05, 0.1) is 29.5 Å². The van der Waals surface area contributed by atoms with Gasteiger partial charge in [-0.25, -0.2) is 18.4 Å². The molecule has 2 aliphatic rings. The summed E-state index contributed by atoms with van der Waals surface area (Å²) >= 11 is 0. The summed E-state index contributed by atoms with van der Waals surface area (Å²) in [7, 11) is -2.86. The summed E-state index contributed by atoms with van der Waals surface area (Å²) in [6.07, 6.45) is 4.41. The molecule has 2 aromatic heterocycles. The number of nitrogens with zero attached hydrogens (tertiary/aromatic N) is 4. The van der Waals surface area contributed by atoms with E-state index in [1.165, 1.54) is 40.8 Å². The van der Waals surface area contributed by atoms with Crippen LogP contribution in [0, 0.1) is 18.8 Å². The maximum atomic E-state index is 14.0. The number of aliphatic hydroxyl groups excluding tert-OH is 1. The summed E-state index contributed by atoms with van der Waals surface area (Å²) in [5, 5.41) is 10.3. The highest BCUT2D eigenvalue weighted by Crippen LogP contribution is 2.51. The van der Waals surface area contributed by atoms with E-state index in [0.717, 1.165) is 0 Å². The molecule has 1 N–H and O–H groups in total. The maximum absolute atomic E-state index is 14.0. The van der Waals surface area contributed by atoms with E-state index >= 15 is 0 Å². The minimum atomic E-state index is -4.09. The number of aromatic nitrogens is 3. The number of ether oxygens (including phenoxy) is 1. The number of hydrogen-bond donors (Lipinski definition) is 1. The molecule has 0 unspecified atom stereocenters. The SMILES string of the molecule is COC(=O)[C@@H]1[C@@H](CO)[C@@H]2Cn3c(ccc(-c4cncnc4)c3=O)[C@H]1N2S(=O)(=O)c1ccccc1C. The second-order valence-corrected chi connectivity index (χ2v) is 10.5. The molecule has 2 aliphatic heterocycles. The number of methoxy groups -OCH3 is 1. The fourth-order valence-corrected chi connectivity index (χ4v) is 7.47. The molecule has 3 aromatic rings. The number of carbonyl (C=O) groups excluding carboxylic acids is 1. The summed E-state index contributed by atoms with van der Waals surface area (Å²) < 4.78 is 35.7. The van der Waals surface area contributed by atoms with Crippen LogP contribution in [-0.2, 0) is 26.1 Å². The molecule has 1 saturated heterocycles. The highest BCUT2D eigenvalue weighted by molar-refractivity contribution is 7.89. The summed E-state index contributed by atoms with van der Waals surface area (Å²) in [6, 6.07) is 8.00. The quantitative estimate of drug-likeness (QED) is 0.520. The zero-order chi connectivity index (χ0) is 24.9. The van der Waals surface area contributed by atoms with Crippen LogP contribution in [-0.4, -0.2) is 58.1 Å². The van der Waals surface area contributed by atoms with E-state index < -0.39 is 46.5 Å². The van der Waals surface area contributed by atoms with Crippen LogP contribution >= 0.6 is 0 Å². The molecule has 11 heteroatoms. The van der Waals surface area contributed by atoms with Gasteiger partial charge < -0.3 is 14.4 Å². The van der Waals surface area contributed by atoms with E-state index in [1.54, 1.807) is 37.3 Å². The van der Waals surface area contributed by atoms with Gasteiger partial charge in [0.1, 0.15) is 6.33 Å². The largest absolute Gasteiger partial charge is 0.469 e. The average Bonchev–Trinajstić information content (AvgIpc) is 3.12. The zero-order valence-corrected chi connectivity index (χ0v) is 19.9. The number of aryl methyl sites for hydroxylation is 1. The topological polar surface area (TPSA) is 132 Å². The van der Waals surface area contributed by atoms with E-state index in [1.807, 2.05) is 0 Å². The van der Waals surface area contributed by atoms with Gasteiger partial charge in [-0.15, -0.1) is 0 Å². The number of esters is 1. The second-order valence-electron chi connectivity index (χ2n) is 8.72. The van der Waals surface area contributed by atoms with Crippen molar-refractivity contribution in [2.45, 2.75) is 30.4 Å². The highest BCUT2D eigenvalue weighted by atomic mass is 32.2. The van der Waals surface area contributed by atoms with Crippen molar-refractivity contribution >= 4 is 16.0 Å². The summed E-state index contributed by atoms with van der Waals surface area (Å²) in [5.74, 6) is -2.37. The van der Waals surface area contributed by atoms with E-state index in [4.69, 9.17) is 4.74 Å². The minimum absolute atomic E-state index is 0.0178. The molecule has 0 spiro atoms. The molecule has 1 fully saturated rings. The van der Waals surface area contributed by atoms with Gasteiger partial charge >= 0.3 is 5.97 Å². The molecule has 0 amide bonds. The Morgan fingerprint density at radius 3 is 2.54 bits per heavy atom. The molecule has 10 nitrogen and oxygen atoms in total. The van der Waals surface area contributed by atoms with Gasteiger partial charge in [-0.2, -0.15) is 4.31 Å². The van der Waals surface area contributed by atoms with Crippen molar-refractivity contribution in [1.82, 2.24) is 18.8 Å². The molecular formula is C24H24N4O6S. The van der Waals surface area contributed by atoms with Gasteiger partial charge in [-0.1, -0.05) is 18.2 Å². The molecule has 0 aliphatic carbocycles. The molecule has 35 heavy (non-hydrogen) atoms. The molecule has 1 aromatic carbocycles. The summed E-state index contributed by atoms with van der Waals surface area (Å²) in [5.41, 5.74) is 1.47. The Balaban J connectivity index is 1.73. The van der Waals surface area contributed by atoms with Crippen molar-refractivity contribution in [3.8, 4) is 11.1 Å². The van der Waals surface area contributed by atoms with Gasteiger partial charge in [0.15, 0.2) is 0 Å². The summed E-state index contributed by atoms with van der Waals surface area (Å²) in [6.45, 7) is 1.24. The monoisotopic (exact) mass is 496 g/mol. The lowest BCUT2D eigenvalue weighted by Gasteiger charge is -2.37. The first-order valence-corrected chi connectivity index (χ1v) is 12.5. The van der Waals surface area contributed by atoms with Crippen LogP contribution in [0.5, 0.6) is 0 Å². The van der Waals surface area contributed by atoms with Gasteiger partial charge in [-0.05, 0) is 30.7 Å².